The fourth-order valence-corrected chi connectivity index (χ4v) is 11.7. The van der Waals surface area contributed by atoms with E-state index < -0.39 is 7.14 Å². The number of hydrogen-bond donors (Lipinski definition) is 0. The predicted octanol–water partition coefficient (Wildman–Crippen LogP) is 12.0. The van der Waals surface area contributed by atoms with Crippen molar-refractivity contribution in [1.82, 2.24) is 9.55 Å². The second kappa shape index (κ2) is 12.4. The summed E-state index contributed by atoms with van der Waals surface area (Å²) in [5.41, 5.74) is 10.6. The third-order valence-electron chi connectivity index (χ3n) is 11.2. The molecule has 0 saturated carbocycles. The Bertz CT molecular complexity index is 3150. The van der Waals surface area contributed by atoms with E-state index in [9.17, 15) is 0 Å². The van der Waals surface area contributed by atoms with Crippen molar-refractivity contribution in [3.8, 4) is 50.5 Å². The number of pyridine rings is 1. The molecule has 4 heteroatoms. The number of aromatic nitrogens is 2. The molecular weight excluding hydrogens is 688 g/mol. The standard InChI is InChI=1S/C51H33N2OP/c54-55(40-19-8-3-9-20-40)46-30-28-37-16-10-11-21-41(37)49(46)50-47(55)31-29-43-42-22-12-13-23-45(42)53(51(43)50)48-33-39(32-44(52-48)38-17-6-2-7-18-38)36-26-24-35(25-27-36)34-14-4-1-5-15-34/h1-33H. The zero-order chi connectivity index (χ0) is 36.5. The van der Waals surface area contributed by atoms with Gasteiger partial charge < -0.3 is 4.57 Å². The van der Waals surface area contributed by atoms with Crippen molar-refractivity contribution in [3.05, 3.63) is 200 Å². The van der Waals surface area contributed by atoms with Crippen LogP contribution in [0.4, 0.5) is 0 Å². The van der Waals surface area contributed by atoms with Gasteiger partial charge in [-0.2, -0.15) is 0 Å². The maximum atomic E-state index is 16.0. The molecule has 10 aromatic rings. The van der Waals surface area contributed by atoms with E-state index in [0.29, 0.717) is 0 Å². The lowest BCUT2D eigenvalue weighted by Crippen LogP contribution is -2.20. The van der Waals surface area contributed by atoms with Gasteiger partial charge in [-0.15, -0.1) is 0 Å². The average molecular weight is 721 g/mol. The molecule has 0 saturated heterocycles. The highest BCUT2D eigenvalue weighted by atomic mass is 31.2. The van der Waals surface area contributed by atoms with Gasteiger partial charge in [0.2, 0.25) is 0 Å². The summed E-state index contributed by atoms with van der Waals surface area (Å²) in [4.78, 5) is 5.47. The van der Waals surface area contributed by atoms with Gasteiger partial charge in [-0.1, -0.05) is 170 Å². The summed E-state index contributed by atoms with van der Waals surface area (Å²) >= 11 is 0. The van der Waals surface area contributed by atoms with Gasteiger partial charge in [-0.05, 0) is 63.4 Å². The smallest absolute Gasteiger partial charge is 0.172 e. The van der Waals surface area contributed by atoms with Gasteiger partial charge in [-0.3, -0.25) is 4.57 Å². The number of fused-ring (bicyclic) bond motifs is 9. The minimum Gasteiger partial charge on any atom is -0.309 e. The molecule has 0 amide bonds. The van der Waals surface area contributed by atoms with Gasteiger partial charge in [0.15, 0.2) is 7.14 Å². The van der Waals surface area contributed by atoms with Crippen molar-refractivity contribution in [2.75, 3.05) is 0 Å². The molecule has 2 aromatic heterocycles. The van der Waals surface area contributed by atoms with Crippen LogP contribution in [-0.2, 0) is 4.57 Å². The average Bonchev–Trinajstić information content (AvgIpc) is 3.75. The molecule has 3 heterocycles. The Balaban J connectivity index is 1.24. The fourth-order valence-electron chi connectivity index (χ4n) is 8.66. The van der Waals surface area contributed by atoms with E-state index in [1.165, 1.54) is 11.1 Å². The highest BCUT2D eigenvalue weighted by molar-refractivity contribution is 7.86. The van der Waals surface area contributed by atoms with Gasteiger partial charge in [0.05, 0.1) is 16.7 Å². The molecule has 0 fully saturated rings. The largest absolute Gasteiger partial charge is 0.309 e. The molecule has 11 rings (SSSR count). The highest BCUT2D eigenvalue weighted by Crippen LogP contribution is 2.56. The van der Waals surface area contributed by atoms with Crippen molar-refractivity contribution in [3.63, 3.8) is 0 Å². The number of nitrogens with zero attached hydrogens (tertiary/aromatic N) is 2. The summed E-state index contributed by atoms with van der Waals surface area (Å²) in [6, 6.07) is 69.8. The number of hydrogen-bond acceptors (Lipinski definition) is 2. The maximum absolute atomic E-state index is 16.0. The normalized spacial score (nSPS) is 14.7. The van der Waals surface area contributed by atoms with Crippen LogP contribution in [0.15, 0.2) is 200 Å². The van der Waals surface area contributed by atoms with Crippen LogP contribution >= 0.6 is 7.14 Å². The monoisotopic (exact) mass is 720 g/mol. The Morgan fingerprint density at radius 1 is 0.418 bits per heavy atom. The minimum absolute atomic E-state index is 0.811. The molecule has 0 spiro atoms. The van der Waals surface area contributed by atoms with Gasteiger partial charge in [-0.25, -0.2) is 4.98 Å². The van der Waals surface area contributed by atoms with Gasteiger partial charge in [0.25, 0.3) is 0 Å². The Morgan fingerprint density at radius 3 is 1.73 bits per heavy atom. The maximum Gasteiger partial charge on any atom is 0.172 e. The summed E-state index contributed by atoms with van der Waals surface area (Å²) in [6.45, 7) is 0. The predicted molar refractivity (Wildman–Crippen MR) is 231 cm³/mol. The second-order valence-corrected chi connectivity index (χ2v) is 16.9. The summed E-state index contributed by atoms with van der Waals surface area (Å²) in [5, 5.41) is 7.07. The molecule has 0 bridgehead atoms. The first-order chi connectivity index (χ1) is 27.2. The molecule has 0 radical (unpaired) electrons. The highest BCUT2D eigenvalue weighted by Gasteiger charge is 2.43. The molecule has 3 nitrogen and oxygen atoms in total. The molecule has 258 valence electrons. The van der Waals surface area contributed by atoms with Crippen molar-refractivity contribution in [2.24, 2.45) is 0 Å². The lowest BCUT2D eigenvalue weighted by atomic mass is 9.96. The van der Waals surface area contributed by atoms with E-state index >= 15 is 4.57 Å². The molecule has 1 atom stereocenters. The summed E-state index contributed by atoms with van der Waals surface area (Å²) in [7, 11) is -3.24. The first kappa shape index (κ1) is 31.7. The fraction of sp³-hybridized carbons (Fsp3) is 0. The van der Waals surface area contributed by atoms with E-state index in [-0.39, 0.29) is 0 Å². The lowest BCUT2D eigenvalue weighted by Gasteiger charge is -2.16. The van der Waals surface area contributed by atoms with Crippen LogP contribution in [0, 0.1) is 0 Å². The first-order valence-electron chi connectivity index (χ1n) is 18.7. The van der Waals surface area contributed by atoms with Gasteiger partial charge in [0, 0.05) is 43.4 Å². The quantitative estimate of drug-likeness (QED) is 0.166. The van der Waals surface area contributed by atoms with Crippen LogP contribution in [-0.4, -0.2) is 9.55 Å². The SMILES string of the molecule is O=P1(c2ccccc2)c2ccc3ccccc3c2-c2c1ccc1c3ccccc3n(-c3cc(-c4ccc(-c5ccccc5)cc4)cc(-c4ccccc4)n3)c21. The third-order valence-corrected chi connectivity index (χ3v) is 14.3. The van der Waals surface area contributed by atoms with Crippen molar-refractivity contribution in [1.29, 1.82) is 0 Å². The number of benzene rings is 8. The van der Waals surface area contributed by atoms with Crippen LogP contribution in [0.3, 0.4) is 0 Å². The lowest BCUT2D eigenvalue weighted by molar-refractivity contribution is 0.593. The Labute approximate surface area is 319 Å². The Hall–Kier alpha value is -6.80. The molecule has 8 aromatic carbocycles. The molecule has 1 aliphatic heterocycles. The van der Waals surface area contributed by atoms with E-state index in [0.717, 1.165) is 87.8 Å². The van der Waals surface area contributed by atoms with E-state index in [1.807, 2.05) is 42.5 Å². The van der Waals surface area contributed by atoms with Gasteiger partial charge >= 0.3 is 0 Å². The molecule has 55 heavy (non-hydrogen) atoms. The van der Waals surface area contributed by atoms with Crippen LogP contribution in [0.1, 0.15) is 0 Å². The molecule has 1 unspecified atom stereocenters. The number of rotatable bonds is 5. The Kier molecular flexibility index (Phi) is 7.14. The summed E-state index contributed by atoms with van der Waals surface area (Å²) < 4.78 is 18.3. The number of para-hydroxylation sites is 1. The van der Waals surface area contributed by atoms with Crippen molar-refractivity contribution < 1.29 is 4.57 Å². The van der Waals surface area contributed by atoms with Gasteiger partial charge in [0.1, 0.15) is 5.82 Å². The second-order valence-electron chi connectivity index (χ2n) is 14.2. The van der Waals surface area contributed by atoms with E-state index in [4.69, 9.17) is 4.98 Å². The van der Waals surface area contributed by atoms with E-state index in [2.05, 4.69) is 162 Å². The van der Waals surface area contributed by atoms with Crippen LogP contribution < -0.4 is 15.9 Å². The molecule has 1 aliphatic rings. The van der Waals surface area contributed by atoms with E-state index in [1.54, 1.807) is 0 Å². The zero-order valence-corrected chi connectivity index (χ0v) is 30.7. The topological polar surface area (TPSA) is 34.9 Å². The summed E-state index contributed by atoms with van der Waals surface area (Å²) in [6.07, 6.45) is 0. The minimum atomic E-state index is -3.24. The van der Waals surface area contributed by atoms with Crippen molar-refractivity contribution >= 4 is 55.6 Å². The van der Waals surface area contributed by atoms with Crippen molar-refractivity contribution in [2.45, 2.75) is 0 Å². The zero-order valence-electron chi connectivity index (χ0n) is 29.8. The van der Waals surface area contributed by atoms with Crippen LogP contribution in [0.2, 0.25) is 0 Å². The van der Waals surface area contributed by atoms with Crippen LogP contribution in [0.25, 0.3) is 83.0 Å². The molecular formula is C51H33N2OP. The summed E-state index contributed by atoms with van der Waals surface area (Å²) in [5.74, 6) is 0.811. The first-order valence-corrected chi connectivity index (χ1v) is 20.4. The third kappa shape index (κ3) is 4.84. The molecule has 0 aliphatic carbocycles. The van der Waals surface area contributed by atoms with Crippen LogP contribution in [0.5, 0.6) is 0 Å². The molecule has 0 N–H and O–H groups in total. The Morgan fingerprint density at radius 2 is 0.982 bits per heavy atom.